The van der Waals surface area contributed by atoms with E-state index in [1.165, 1.54) is 12.1 Å². The highest BCUT2D eigenvalue weighted by molar-refractivity contribution is 5.78. The molecule has 0 saturated carbocycles. The summed E-state index contributed by atoms with van der Waals surface area (Å²) in [5.74, 6) is -1.53. The minimum Gasteiger partial charge on any atom is -0.352 e. The fourth-order valence-electron chi connectivity index (χ4n) is 2.26. The van der Waals surface area contributed by atoms with Gasteiger partial charge in [0.1, 0.15) is 11.6 Å². The molecule has 2 rings (SSSR count). The maximum atomic E-state index is 13.4. The van der Waals surface area contributed by atoms with Crippen LogP contribution in [-0.2, 0) is 11.2 Å². The molecule has 0 aliphatic carbocycles. The van der Waals surface area contributed by atoms with E-state index in [9.17, 15) is 13.6 Å². The molecule has 1 amide bonds. The lowest BCUT2D eigenvalue weighted by atomic mass is 10.1. The van der Waals surface area contributed by atoms with Crippen LogP contribution in [0.4, 0.5) is 8.78 Å². The number of amides is 1. The predicted molar refractivity (Wildman–Crippen MR) is 68.7 cm³/mol. The van der Waals surface area contributed by atoms with Crippen LogP contribution < -0.4 is 10.6 Å². The lowest BCUT2D eigenvalue weighted by molar-refractivity contribution is -0.121. The Kier molecular flexibility index (Phi) is 4.85. The molecule has 104 valence electrons. The number of nitrogens with one attached hydrogen (secondary N) is 2. The highest BCUT2D eigenvalue weighted by atomic mass is 19.1. The van der Waals surface area contributed by atoms with Gasteiger partial charge in [-0.1, -0.05) is 12.5 Å². The minimum atomic E-state index is -0.672. The molecule has 0 spiro atoms. The SMILES string of the molecule is O=C(Cc1ccc(F)cc1F)NC1CCCCNC1. The molecule has 0 aromatic heterocycles. The van der Waals surface area contributed by atoms with Crippen molar-refractivity contribution in [3.05, 3.63) is 35.4 Å². The fraction of sp³-hybridized carbons (Fsp3) is 0.500. The van der Waals surface area contributed by atoms with Gasteiger partial charge in [0, 0.05) is 18.7 Å². The first-order chi connectivity index (χ1) is 9.15. The molecular formula is C14H18F2N2O. The lowest BCUT2D eigenvalue weighted by Gasteiger charge is -2.16. The Morgan fingerprint density at radius 1 is 1.37 bits per heavy atom. The van der Waals surface area contributed by atoms with Gasteiger partial charge in [-0.3, -0.25) is 4.79 Å². The summed E-state index contributed by atoms with van der Waals surface area (Å²) in [5, 5.41) is 6.13. The molecule has 1 fully saturated rings. The van der Waals surface area contributed by atoms with Crippen molar-refractivity contribution in [1.29, 1.82) is 0 Å². The van der Waals surface area contributed by atoms with Crippen LogP contribution in [0.5, 0.6) is 0 Å². The molecule has 1 aliphatic heterocycles. The zero-order valence-electron chi connectivity index (χ0n) is 10.7. The third kappa shape index (κ3) is 4.28. The summed E-state index contributed by atoms with van der Waals surface area (Å²) in [5.41, 5.74) is 0.223. The number of benzene rings is 1. The summed E-state index contributed by atoms with van der Waals surface area (Å²) in [6.07, 6.45) is 3.06. The number of rotatable bonds is 3. The third-order valence-electron chi connectivity index (χ3n) is 3.28. The summed E-state index contributed by atoms with van der Waals surface area (Å²) in [6.45, 7) is 1.72. The number of carbonyl (C=O) groups excluding carboxylic acids is 1. The summed E-state index contributed by atoms with van der Waals surface area (Å²) in [4.78, 5) is 11.8. The Labute approximate surface area is 111 Å². The van der Waals surface area contributed by atoms with Crippen molar-refractivity contribution in [3.8, 4) is 0 Å². The minimum absolute atomic E-state index is 0.0530. The van der Waals surface area contributed by atoms with Crippen LogP contribution in [0.1, 0.15) is 24.8 Å². The zero-order chi connectivity index (χ0) is 13.7. The van der Waals surface area contributed by atoms with E-state index in [2.05, 4.69) is 10.6 Å². The van der Waals surface area contributed by atoms with Crippen molar-refractivity contribution < 1.29 is 13.6 Å². The average molecular weight is 268 g/mol. The van der Waals surface area contributed by atoms with E-state index < -0.39 is 11.6 Å². The van der Waals surface area contributed by atoms with Crippen LogP contribution in [0.2, 0.25) is 0 Å². The first-order valence-corrected chi connectivity index (χ1v) is 6.59. The number of halogens is 2. The van der Waals surface area contributed by atoms with Gasteiger partial charge in [0.05, 0.1) is 6.42 Å². The van der Waals surface area contributed by atoms with Gasteiger partial charge in [-0.15, -0.1) is 0 Å². The molecule has 2 N–H and O–H groups in total. The van der Waals surface area contributed by atoms with E-state index >= 15 is 0 Å². The van der Waals surface area contributed by atoms with Crippen molar-refractivity contribution in [1.82, 2.24) is 10.6 Å². The maximum absolute atomic E-state index is 13.4. The van der Waals surface area contributed by atoms with Gasteiger partial charge in [0.2, 0.25) is 5.91 Å². The number of carbonyl (C=O) groups is 1. The van der Waals surface area contributed by atoms with Gasteiger partial charge in [-0.25, -0.2) is 8.78 Å². The smallest absolute Gasteiger partial charge is 0.224 e. The second kappa shape index (κ2) is 6.61. The van der Waals surface area contributed by atoms with Crippen molar-refractivity contribution in [2.45, 2.75) is 31.7 Å². The molecule has 1 aromatic carbocycles. The molecule has 0 bridgehead atoms. The van der Waals surface area contributed by atoms with E-state index in [1.54, 1.807) is 0 Å². The summed E-state index contributed by atoms with van der Waals surface area (Å²) in [6, 6.07) is 3.38. The zero-order valence-corrected chi connectivity index (χ0v) is 10.7. The highest BCUT2D eigenvalue weighted by Crippen LogP contribution is 2.11. The monoisotopic (exact) mass is 268 g/mol. The van der Waals surface area contributed by atoms with Gasteiger partial charge in [0.15, 0.2) is 0 Å². The molecule has 0 radical (unpaired) electrons. The van der Waals surface area contributed by atoms with Crippen molar-refractivity contribution >= 4 is 5.91 Å². The van der Waals surface area contributed by atoms with Crippen LogP contribution in [0.25, 0.3) is 0 Å². The van der Waals surface area contributed by atoms with Crippen molar-refractivity contribution in [2.75, 3.05) is 13.1 Å². The first-order valence-electron chi connectivity index (χ1n) is 6.59. The molecule has 1 aromatic rings. The molecule has 1 unspecified atom stereocenters. The molecule has 3 nitrogen and oxygen atoms in total. The average Bonchev–Trinajstić information content (AvgIpc) is 2.61. The molecule has 19 heavy (non-hydrogen) atoms. The second-order valence-corrected chi connectivity index (χ2v) is 4.88. The third-order valence-corrected chi connectivity index (χ3v) is 3.28. The van der Waals surface area contributed by atoms with Crippen molar-refractivity contribution in [3.63, 3.8) is 0 Å². The number of hydrogen-bond donors (Lipinski definition) is 2. The Morgan fingerprint density at radius 3 is 3.00 bits per heavy atom. The molecule has 1 saturated heterocycles. The second-order valence-electron chi connectivity index (χ2n) is 4.88. The van der Waals surface area contributed by atoms with Gasteiger partial charge >= 0.3 is 0 Å². The van der Waals surface area contributed by atoms with Crippen molar-refractivity contribution in [2.24, 2.45) is 0 Å². The van der Waals surface area contributed by atoms with Gasteiger partial charge < -0.3 is 10.6 Å². The molecule has 1 heterocycles. The van der Waals surface area contributed by atoms with Crippen LogP contribution >= 0.6 is 0 Å². The Hall–Kier alpha value is -1.49. The Bertz CT molecular complexity index is 443. The quantitative estimate of drug-likeness (QED) is 0.877. The standard InChI is InChI=1S/C14H18F2N2O/c15-11-5-4-10(13(16)8-11)7-14(19)18-12-3-1-2-6-17-9-12/h4-5,8,12,17H,1-3,6-7,9H2,(H,18,19). The molecule has 5 heteroatoms. The largest absolute Gasteiger partial charge is 0.352 e. The predicted octanol–water partition coefficient (Wildman–Crippen LogP) is 1.77. The molecular weight excluding hydrogens is 250 g/mol. The Balaban J connectivity index is 1.89. The summed E-state index contributed by atoms with van der Waals surface area (Å²) >= 11 is 0. The van der Waals surface area contributed by atoms with E-state index in [4.69, 9.17) is 0 Å². The number of hydrogen-bond acceptors (Lipinski definition) is 2. The van der Waals surface area contributed by atoms with E-state index in [-0.39, 0.29) is 23.9 Å². The van der Waals surface area contributed by atoms with Gasteiger partial charge in [-0.05, 0) is 31.0 Å². The first kappa shape index (κ1) is 13.9. The van der Waals surface area contributed by atoms with Gasteiger partial charge in [-0.2, -0.15) is 0 Å². The maximum Gasteiger partial charge on any atom is 0.224 e. The van der Waals surface area contributed by atoms with Crippen LogP contribution in [0.3, 0.4) is 0 Å². The lowest BCUT2D eigenvalue weighted by Crippen LogP contribution is -2.41. The summed E-state index contributed by atoms with van der Waals surface area (Å²) in [7, 11) is 0. The molecule has 1 aliphatic rings. The highest BCUT2D eigenvalue weighted by Gasteiger charge is 2.15. The fourth-order valence-corrected chi connectivity index (χ4v) is 2.26. The Morgan fingerprint density at radius 2 is 2.21 bits per heavy atom. The van der Waals surface area contributed by atoms with Crippen LogP contribution in [0, 0.1) is 11.6 Å². The van der Waals surface area contributed by atoms with E-state index in [1.807, 2.05) is 0 Å². The van der Waals surface area contributed by atoms with E-state index in [0.29, 0.717) is 0 Å². The normalized spacial score (nSPS) is 19.8. The topological polar surface area (TPSA) is 41.1 Å². The van der Waals surface area contributed by atoms with Crippen LogP contribution in [0.15, 0.2) is 18.2 Å². The van der Waals surface area contributed by atoms with Crippen LogP contribution in [-0.4, -0.2) is 25.0 Å². The summed E-state index contributed by atoms with van der Waals surface area (Å²) < 4.78 is 26.2. The van der Waals surface area contributed by atoms with E-state index in [0.717, 1.165) is 38.4 Å². The molecule has 1 atom stereocenters. The van der Waals surface area contributed by atoms with Gasteiger partial charge in [0.25, 0.3) is 0 Å².